The van der Waals surface area contributed by atoms with E-state index in [0.29, 0.717) is 5.41 Å². The second kappa shape index (κ2) is 5.22. The van der Waals surface area contributed by atoms with Gasteiger partial charge in [0.2, 0.25) is 0 Å². The average Bonchev–Trinajstić information content (AvgIpc) is 2.25. The quantitative estimate of drug-likeness (QED) is 0.815. The zero-order valence-corrected chi connectivity index (χ0v) is 11.4. The molecule has 1 aliphatic heterocycles. The summed E-state index contributed by atoms with van der Waals surface area (Å²) in [5.41, 5.74) is 3.31. The van der Waals surface area contributed by atoms with Crippen LogP contribution in [0.15, 0.2) is 24.3 Å². The van der Waals surface area contributed by atoms with E-state index in [1.54, 1.807) is 0 Å². The molecule has 1 aromatic carbocycles. The van der Waals surface area contributed by atoms with Crippen LogP contribution in [0.4, 0.5) is 0 Å². The van der Waals surface area contributed by atoms with Crippen molar-refractivity contribution in [3.8, 4) is 0 Å². The highest BCUT2D eigenvalue weighted by Gasteiger charge is 2.39. The Kier molecular flexibility index (Phi) is 3.88. The molecule has 0 aromatic heterocycles. The topological polar surface area (TPSA) is 12.0 Å². The first kappa shape index (κ1) is 12.6. The van der Waals surface area contributed by atoms with Crippen LogP contribution >= 0.6 is 0 Å². The largest absolute Gasteiger partial charge is 0.315 e. The molecule has 0 saturated carbocycles. The van der Waals surface area contributed by atoms with E-state index in [1.807, 2.05) is 0 Å². The fourth-order valence-corrected chi connectivity index (χ4v) is 3.06. The molecule has 0 amide bonds. The van der Waals surface area contributed by atoms with Gasteiger partial charge in [-0.05, 0) is 24.8 Å². The third-order valence-electron chi connectivity index (χ3n) is 4.11. The molecule has 1 N–H and O–H groups in total. The van der Waals surface area contributed by atoms with Crippen molar-refractivity contribution in [3.05, 3.63) is 35.4 Å². The first-order valence-corrected chi connectivity index (χ1v) is 6.94. The van der Waals surface area contributed by atoms with Crippen LogP contribution in [-0.2, 0) is 5.41 Å². The summed E-state index contributed by atoms with van der Waals surface area (Å²) in [6.45, 7) is 9.16. The molecule has 1 unspecified atom stereocenters. The molecular weight excluding hydrogens is 206 g/mol. The Morgan fingerprint density at radius 1 is 1.24 bits per heavy atom. The second-order valence-electron chi connectivity index (χ2n) is 5.85. The van der Waals surface area contributed by atoms with Crippen LogP contribution in [0.3, 0.4) is 0 Å². The van der Waals surface area contributed by atoms with Crippen molar-refractivity contribution in [2.75, 3.05) is 13.1 Å². The Labute approximate surface area is 106 Å². The molecule has 1 aromatic rings. The third kappa shape index (κ3) is 2.71. The highest BCUT2D eigenvalue weighted by Crippen LogP contribution is 2.36. The highest BCUT2D eigenvalue weighted by atomic mass is 15.0. The summed E-state index contributed by atoms with van der Waals surface area (Å²) in [5, 5.41) is 3.46. The molecular formula is C16H25N. The molecule has 2 rings (SSSR count). The van der Waals surface area contributed by atoms with Gasteiger partial charge in [0, 0.05) is 18.5 Å². The first-order chi connectivity index (χ1) is 8.16. The number of aryl methyl sites for hydroxylation is 1. The van der Waals surface area contributed by atoms with E-state index in [4.69, 9.17) is 0 Å². The molecule has 1 saturated heterocycles. The standard InChI is InChI=1S/C16H25N/c1-4-5-14(3)10-16(11-17-12-16)15-8-6-13(2)7-9-15/h6-9,14,17H,4-5,10-12H2,1-3H3. The van der Waals surface area contributed by atoms with Crippen LogP contribution in [0.5, 0.6) is 0 Å². The summed E-state index contributed by atoms with van der Waals surface area (Å²) < 4.78 is 0. The van der Waals surface area contributed by atoms with E-state index in [2.05, 4.69) is 50.4 Å². The lowest BCUT2D eigenvalue weighted by atomic mass is 9.69. The van der Waals surface area contributed by atoms with Crippen LogP contribution in [0.2, 0.25) is 0 Å². The normalized spacial score (nSPS) is 19.7. The fraction of sp³-hybridized carbons (Fsp3) is 0.625. The minimum absolute atomic E-state index is 0.419. The number of benzene rings is 1. The highest BCUT2D eigenvalue weighted by molar-refractivity contribution is 5.32. The van der Waals surface area contributed by atoms with Crippen LogP contribution in [0.25, 0.3) is 0 Å². The van der Waals surface area contributed by atoms with Crippen molar-refractivity contribution in [3.63, 3.8) is 0 Å². The van der Waals surface area contributed by atoms with Crippen LogP contribution in [0, 0.1) is 12.8 Å². The van der Waals surface area contributed by atoms with Crippen molar-refractivity contribution < 1.29 is 0 Å². The Bertz CT molecular complexity index is 348. The molecule has 1 aliphatic rings. The average molecular weight is 231 g/mol. The smallest absolute Gasteiger partial charge is 0.0205 e. The summed E-state index contributed by atoms with van der Waals surface area (Å²) in [5.74, 6) is 0.836. The minimum Gasteiger partial charge on any atom is -0.315 e. The SMILES string of the molecule is CCCC(C)CC1(c2ccc(C)cc2)CNC1. The van der Waals surface area contributed by atoms with E-state index >= 15 is 0 Å². The van der Waals surface area contributed by atoms with E-state index in [0.717, 1.165) is 19.0 Å². The molecule has 1 fully saturated rings. The molecule has 1 atom stereocenters. The van der Waals surface area contributed by atoms with Crippen LogP contribution in [-0.4, -0.2) is 13.1 Å². The Balaban J connectivity index is 2.11. The van der Waals surface area contributed by atoms with E-state index < -0.39 is 0 Å². The maximum atomic E-state index is 3.46. The van der Waals surface area contributed by atoms with Gasteiger partial charge in [0.05, 0.1) is 0 Å². The molecule has 1 heterocycles. The maximum absolute atomic E-state index is 3.46. The Morgan fingerprint density at radius 3 is 2.35 bits per heavy atom. The molecule has 17 heavy (non-hydrogen) atoms. The molecule has 0 bridgehead atoms. The predicted molar refractivity (Wildman–Crippen MR) is 74.4 cm³/mol. The zero-order chi connectivity index (χ0) is 12.3. The van der Waals surface area contributed by atoms with E-state index in [9.17, 15) is 0 Å². The molecule has 1 heteroatoms. The fourth-order valence-electron chi connectivity index (χ4n) is 3.06. The Hall–Kier alpha value is -0.820. The molecule has 1 nitrogen and oxygen atoms in total. The summed E-state index contributed by atoms with van der Waals surface area (Å²) >= 11 is 0. The predicted octanol–water partition coefficient (Wildman–Crippen LogP) is 3.66. The zero-order valence-electron chi connectivity index (χ0n) is 11.4. The van der Waals surface area contributed by atoms with E-state index in [-0.39, 0.29) is 0 Å². The second-order valence-corrected chi connectivity index (χ2v) is 5.85. The lowest BCUT2D eigenvalue weighted by Crippen LogP contribution is -2.57. The summed E-state index contributed by atoms with van der Waals surface area (Å²) in [4.78, 5) is 0. The number of nitrogens with one attached hydrogen (secondary N) is 1. The van der Waals surface area contributed by atoms with Crippen molar-refractivity contribution in [1.29, 1.82) is 0 Å². The molecule has 0 spiro atoms. The van der Waals surface area contributed by atoms with Gasteiger partial charge in [-0.15, -0.1) is 0 Å². The summed E-state index contributed by atoms with van der Waals surface area (Å²) in [6, 6.07) is 9.16. The Morgan fingerprint density at radius 2 is 1.88 bits per heavy atom. The van der Waals surface area contributed by atoms with Gasteiger partial charge in [0.25, 0.3) is 0 Å². The van der Waals surface area contributed by atoms with Gasteiger partial charge in [0.1, 0.15) is 0 Å². The van der Waals surface area contributed by atoms with Crippen molar-refractivity contribution >= 4 is 0 Å². The van der Waals surface area contributed by atoms with E-state index in [1.165, 1.54) is 30.4 Å². The van der Waals surface area contributed by atoms with Gasteiger partial charge in [-0.1, -0.05) is 56.5 Å². The minimum atomic E-state index is 0.419. The van der Waals surface area contributed by atoms with Crippen molar-refractivity contribution in [1.82, 2.24) is 5.32 Å². The van der Waals surface area contributed by atoms with Gasteiger partial charge in [0.15, 0.2) is 0 Å². The lowest BCUT2D eigenvalue weighted by molar-refractivity contribution is 0.218. The third-order valence-corrected chi connectivity index (χ3v) is 4.11. The van der Waals surface area contributed by atoms with Gasteiger partial charge < -0.3 is 5.32 Å². The maximum Gasteiger partial charge on any atom is 0.0205 e. The first-order valence-electron chi connectivity index (χ1n) is 6.94. The molecule has 0 aliphatic carbocycles. The van der Waals surface area contributed by atoms with Crippen molar-refractivity contribution in [2.24, 2.45) is 5.92 Å². The number of rotatable bonds is 5. The number of hydrogen-bond acceptors (Lipinski definition) is 1. The molecule has 94 valence electrons. The molecule has 0 radical (unpaired) electrons. The van der Waals surface area contributed by atoms with Crippen LogP contribution < -0.4 is 5.32 Å². The van der Waals surface area contributed by atoms with Crippen LogP contribution in [0.1, 0.15) is 44.2 Å². The van der Waals surface area contributed by atoms with Gasteiger partial charge >= 0.3 is 0 Å². The monoisotopic (exact) mass is 231 g/mol. The van der Waals surface area contributed by atoms with Gasteiger partial charge in [-0.2, -0.15) is 0 Å². The number of hydrogen-bond donors (Lipinski definition) is 1. The van der Waals surface area contributed by atoms with Crippen molar-refractivity contribution in [2.45, 2.75) is 45.4 Å². The van der Waals surface area contributed by atoms with Gasteiger partial charge in [-0.3, -0.25) is 0 Å². The van der Waals surface area contributed by atoms with Gasteiger partial charge in [-0.25, -0.2) is 0 Å². The lowest BCUT2D eigenvalue weighted by Gasteiger charge is -2.45. The summed E-state index contributed by atoms with van der Waals surface area (Å²) in [7, 11) is 0. The summed E-state index contributed by atoms with van der Waals surface area (Å²) in [6.07, 6.45) is 3.99.